The van der Waals surface area contributed by atoms with E-state index in [0.717, 1.165) is 0 Å². The molecule has 12 heteroatoms. The van der Waals surface area contributed by atoms with Gasteiger partial charge in [0.1, 0.15) is 17.7 Å². The van der Waals surface area contributed by atoms with E-state index in [-0.39, 0.29) is 49.3 Å². The first-order chi connectivity index (χ1) is 20.6. The van der Waals surface area contributed by atoms with Gasteiger partial charge in [-0.2, -0.15) is 0 Å². The maximum absolute atomic E-state index is 14.5. The van der Waals surface area contributed by atoms with Gasteiger partial charge in [0.25, 0.3) is 5.91 Å². The fourth-order valence-electron chi connectivity index (χ4n) is 6.46. The van der Waals surface area contributed by atoms with Gasteiger partial charge in [0.2, 0.25) is 11.8 Å². The molecule has 1 unspecified atom stereocenters. The maximum atomic E-state index is 14.5. The van der Waals surface area contributed by atoms with Crippen molar-refractivity contribution in [2.45, 2.75) is 67.7 Å². The summed E-state index contributed by atoms with van der Waals surface area (Å²) in [7, 11) is 0. The number of hydrogen-bond donors (Lipinski definition) is 2. The average molecular weight is 681 g/mol. The Kier molecular flexibility index (Phi) is 11.1. The summed E-state index contributed by atoms with van der Waals surface area (Å²) in [5.41, 5.74) is -0.807. The van der Waals surface area contributed by atoms with Crippen LogP contribution in [0.25, 0.3) is 0 Å². The summed E-state index contributed by atoms with van der Waals surface area (Å²) in [5.74, 6) is -3.43. The zero-order valence-electron chi connectivity index (χ0n) is 24.3. The minimum absolute atomic E-state index is 0.0591. The first-order valence-corrected chi connectivity index (χ1v) is 15.9. The molecule has 3 fully saturated rings. The minimum Gasteiger partial charge on any atom is -0.460 e. The van der Waals surface area contributed by atoms with Crippen molar-refractivity contribution in [3.8, 4) is 0 Å². The zero-order valence-corrected chi connectivity index (χ0v) is 26.6. The predicted molar refractivity (Wildman–Crippen MR) is 166 cm³/mol. The maximum Gasteiger partial charge on any atom is 0.312 e. The number of fused-ring (bicyclic) bond motifs is 1. The Hall–Kier alpha value is -2.73. The molecule has 1 spiro atoms. The third-order valence-corrected chi connectivity index (χ3v) is 9.47. The molecule has 3 aliphatic heterocycles. The van der Waals surface area contributed by atoms with E-state index in [1.807, 2.05) is 0 Å². The van der Waals surface area contributed by atoms with Crippen LogP contribution in [0, 0.1) is 11.8 Å². The highest BCUT2D eigenvalue weighted by Gasteiger charge is 2.77. The number of halogens is 2. The zero-order chi connectivity index (χ0) is 31.3. The van der Waals surface area contributed by atoms with E-state index in [4.69, 9.17) is 21.1 Å². The molecule has 0 radical (unpaired) electrons. The van der Waals surface area contributed by atoms with Gasteiger partial charge in [0.15, 0.2) is 0 Å². The Morgan fingerprint density at radius 1 is 1.30 bits per heavy atom. The summed E-state index contributed by atoms with van der Waals surface area (Å²) >= 11 is 10.2. The fourth-order valence-corrected chi connectivity index (χ4v) is 7.65. The number of amides is 3. The summed E-state index contributed by atoms with van der Waals surface area (Å²) in [6.07, 6.45) is 3.96. The van der Waals surface area contributed by atoms with Crippen LogP contribution >= 0.6 is 27.5 Å². The second kappa shape index (κ2) is 14.4. The molecular weight excluding hydrogens is 642 g/mol. The van der Waals surface area contributed by atoms with Crippen LogP contribution in [0.1, 0.15) is 39.0 Å². The van der Waals surface area contributed by atoms with Crippen molar-refractivity contribution < 1.29 is 33.8 Å². The number of alkyl halides is 1. The van der Waals surface area contributed by atoms with Crippen LogP contribution in [-0.4, -0.2) is 88.6 Å². The van der Waals surface area contributed by atoms with Gasteiger partial charge in [-0.25, -0.2) is 0 Å². The van der Waals surface area contributed by atoms with Gasteiger partial charge in [-0.1, -0.05) is 51.8 Å². The highest BCUT2D eigenvalue weighted by molar-refractivity contribution is 9.09. The monoisotopic (exact) mass is 679 g/mol. The van der Waals surface area contributed by atoms with Crippen molar-refractivity contribution in [3.63, 3.8) is 0 Å². The molecule has 3 heterocycles. The number of benzene rings is 1. The van der Waals surface area contributed by atoms with Crippen molar-refractivity contribution in [3.05, 3.63) is 54.6 Å². The molecular formula is C31H39BrClN3O7. The lowest BCUT2D eigenvalue weighted by Crippen LogP contribution is -2.57. The SMILES string of the molecule is C=CCCC(=O)NC[C@H](C)OC(=O)[C@H]1[C@@H]2O[C@@]3(CC2Br)[C@@H]1C(=O)N(CCCCO)[C@@H]3C(=O)N(CC=C)c1ccccc1Cl. The summed E-state index contributed by atoms with van der Waals surface area (Å²) in [6, 6.07) is 5.90. The smallest absolute Gasteiger partial charge is 0.312 e. The Bertz CT molecular complexity index is 1250. The molecule has 0 saturated carbocycles. The molecule has 3 aliphatic rings. The molecule has 1 aromatic carbocycles. The number of anilines is 1. The summed E-state index contributed by atoms with van der Waals surface area (Å²) < 4.78 is 12.3. The van der Waals surface area contributed by atoms with Crippen molar-refractivity contribution in [2.75, 3.05) is 31.1 Å². The van der Waals surface area contributed by atoms with E-state index in [1.165, 1.54) is 9.80 Å². The van der Waals surface area contributed by atoms with E-state index in [0.29, 0.717) is 36.4 Å². The number of allylic oxidation sites excluding steroid dienone is 1. The van der Waals surface area contributed by atoms with Crippen molar-refractivity contribution in [1.82, 2.24) is 10.2 Å². The molecule has 43 heavy (non-hydrogen) atoms. The third kappa shape index (κ3) is 6.55. The molecule has 0 aliphatic carbocycles. The Balaban J connectivity index is 1.64. The number of nitrogens with zero attached hydrogens (tertiary/aromatic N) is 2. The molecule has 3 amide bonds. The van der Waals surface area contributed by atoms with Gasteiger partial charge in [0, 0.05) is 30.9 Å². The van der Waals surface area contributed by atoms with Crippen LogP contribution in [0.4, 0.5) is 5.69 Å². The van der Waals surface area contributed by atoms with Crippen LogP contribution in [-0.2, 0) is 28.7 Å². The van der Waals surface area contributed by atoms with Crippen LogP contribution in [0.2, 0.25) is 5.02 Å². The first kappa shape index (κ1) is 33.2. The number of rotatable bonds is 15. The number of likely N-dealkylation sites (tertiary alicyclic amines) is 1. The number of nitrogens with one attached hydrogen (secondary N) is 1. The van der Waals surface area contributed by atoms with Gasteiger partial charge in [-0.15, -0.1) is 13.2 Å². The van der Waals surface area contributed by atoms with Crippen LogP contribution < -0.4 is 10.2 Å². The largest absolute Gasteiger partial charge is 0.460 e. The number of ether oxygens (including phenoxy) is 2. The van der Waals surface area contributed by atoms with Gasteiger partial charge < -0.3 is 29.7 Å². The molecule has 2 bridgehead atoms. The normalized spacial score (nSPS) is 27.9. The van der Waals surface area contributed by atoms with E-state index in [1.54, 1.807) is 43.3 Å². The number of aliphatic hydroxyl groups is 1. The van der Waals surface area contributed by atoms with Gasteiger partial charge in [-0.3, -0.25) is 19.2 Å². The molecule has 2 N–H and O–H groups in total. The molecule has 1 aromatic rings. The highest BCUT2D eigenvalue weighted by atomic mass is 79.9. The summed E-state index contributed by atoms with van der Waals surface area (Å²) in [6.45, 7) is 9.49. The number of hydrogen-bond acceptors (Lipinski definition) is 7. The standard InChI is InChI=1S/C31H39BrClN3O7/c1-4-6-13-23(38)34-18-19(3)42-30(41)24-25-28(39)36(15-9-10-16-37)27(31(25)17-20(32)26(24)43-31)29(40)35(14-5-2)22-12-8-7-11-21(22)33/h4-5,7-8,11-12,19-20,24-27,37H,1-2,6,9-10,13-18H2,3H3,(H,34,38)/t19-,20?,24+,25-,26+,27+,31-/m0/s1. The van der Waals surface area contributed by atoms with Crippen LogP contribution in [0.3, 0.4) is 0 Å². The van der Waals surface area contributed by atoms with Crippen molar-refractivity contribution >= 4 is 56.9 Å². The Morgan fingerprint density at radius 3 is 2.72 bits per heavy atom. The Labute approximate surface area is 265 Å². The van der Waals surface area contributed by atoms with Gasteiger partial charge >= 0.3 is 5.97 Å². The second-order valence-electron chi connectivity index (χ2n) is 11.2. The topological polar surface area (TPSA) is 125 Å². The lowest BCUT2D eigenvalue weighted by Gasteiger charge is -2.37. The molecule has 0 aromatic heterocycles. The predicted octanol–water partition coefficient (Wildman–Crippen LogP) is 3.39. The average Bonchev–Trinajstić information content (AvgIpc) is 3.57. The van der Waals surface area contributed by atoms with Gasteiger partial charge in [-0.05, 0) is 44.7 Å². The number of para-hydroxylation sites is 1. The minimum atomic E-state index is -1.28. The van der Waals surface area contributed by atoms with E-state index in [9.17, 15) is 24.3 Å². The number of unbranched alkanes of at least 4 members (excludes halogenated alkanes) is 1. The summed E-state index contributed by atoms with van der Waals surface area (Å²) in [5, 5.41) is 12.5. The molecule has 3 saturated heterocycles. The van der Waals surface area contributed by atoms with E-state index >= 15 is 0 Å². The summed E-state index contributed by atoms with van der Waals surface area (Å²) in [4.78, 5) is 57.0. The van der Waals surface area contributed by atoms with Crippen LogP contribution in [0.15, 0.2) is 49.6 Å². The van der Waals surface area contributed by atoms with Crippen molar-refractivity contribution in [2.24, 2.45) is 11.8 Å². The third-order valence-electron chi connectivity index (χ3n) is 8.30. The quantitative estimate of drug-likeness (QED) is 0.126. The second-order valence-corrected chi connectivity index (χ2v) is 12.8. The number of carbonyl (C=O) groups excluding carboxylic acids is 4. The molecule has 10 nitrogen and oxygen atoms in total. The highest BCUT2D eigenvalue weighted by Crippen LogP contribution is 2.60. The van der Waals surface area contributed by atoms with Crippen LogP contribution in [0.5, 0.6) is 0 Å². The number of carbonyl (C=O) groups is 4. The number of esters is 1. The first-order valence-electron chi connectivity index (χ1n) is 14.6. The van der Waals surface area contributed by atoms with Gasteiger partial charge in [0.05, 0.1) is 35.2 Å². The fraction of sp³-hybridized carbons (Fsp3) is 0.548. The lowest BCUT2D eigenvalue weighted by atomic mass is 9.70. The molecule has 7 atom stereocenters. The molecule has 4 rings (SSSR count). The van der Waals surface area contributed by atoms with E-state index in [2.05, 4.69) is 34.4 Å². The van der Waals surface area contributed by atoms with Crippen molar-refractivity contribution in [1.29, 1.82) is 0 Å². The number of aliphatic hydroxyl groups excluding tert-OH is 1. The lowest BCUT2D eigenvalue weighted by molar-refractivity contribution is -0.159. The van der Waals surface area contributed by atoms with E-state index < -0.39 is 47.6 Å². The Morgan fingerprint density at radius 2 is 2.05 bits per heavy atom. The molecule has 234 valence electrons.